The summed E-state index contributed by atoms with van der Waals surface area (Å²) in [4.78, 5) is 0. The molecule has 2 N–H and O–H groups in total. The van der Waals surface area contributed by atoms with Crippen molar-refractivity contribution in [3.8, 4) is 0 Å². The third-order valence-corrected chi connectivity index (χ3v) is 3.71. The van der Waals surface area contributed by atoms with Crippen LogP contribution in [0.3, 0.4) is 0 Å². The van der Waals surface area contributed by atoms with Crippen LogP contribution < -0.4 is 0 Å². The largest absolute Gasteiger partial charge is 0.390 e. The van der Waals surface area contributed by atoms with Crippen molar-refractivity contribution in [3.05, 3.63) is 12.7 Å². The molecule has 2 heteroatoms. The van der Waals surface area contributed by atoms with E-state index in [9.17, 15) is 10.2 Å². The van der Waals surface area contributed by atoms with Gasteiger partial charge < -0.3 is 10.2 Å². The van der Waals surface area contributed by atoms with Gasteiger partial charge in [-0.15, -0.1) is 6.58 Å². The highest BCUT2D eigenvalue weighted by Crippen LogP contribution is 2.14. The van der Waals surface area contributed by atoms with Gasteiger partial charge in [-0.05, 0) is 25.7 Å². The Morgan fingerprint density at radius 3 is 1.79 bits per heavy atom. The van der Waals surface area contributed by atoms with Crippen molar-refractivity contribution in [1.82, 2.24) is 0 Å². The fourth-order valence-electron chi connectivity index (χ4n) is 2.34. The predicted octanol–water partition coefficient (Wildman–Crippen LogP) is 4.60. The van der Waals surface area contributed by atoms with Crippen LogP contribution >= 0.6 is 0 Å². The SMILES string of the molecule is C=CCCC[C@@H](O)[C@@H](O)CCCCCCCCCC. The Morgan fingerprint density at radius 2 is 1.26 bits per heavy atom. The first-order valence-corrected chi connectivity index (χ1v) is 8.19. The number of hydrogen-bond acceptors (Lipinski definition) is 2. The molecule has 0 aliphatic rings. The number of rotatable bonds is 14. The van der Waals surface area contributed by atoms with E-state index >= 15 is 0 Å². The Hall–Kier alpha value is -0.340. The lowest BCUT2D eigenvalue weighted by atomic mass is 10.0. The van der Waals surface area contributed by atoms with E-state index in [2.05, 4.69) is 13.5 Å². The molecule has 2 nitrogen and oxygen atoms in total. The maximum absolute atomic E-state index is 9.81. The lowest BCUT2D eigenvalue weighted by Crippen LogP contribution is -2.25. The Labute approximate surface area is 119 Å². The predicted molar refractivity (Wildman–Crippen MR) is 83.3 cm³/mol. The average molecular weight is 270 g/mol. The number of unbranched alkanes of at least 4 members (excludes halogenated alkanes) is 8. The highest BCUT2D eigenvalue weighted by molar-refractivity contribution is 4.71. The van der Waals surface area contributed by atoms with Crippen LogP contribution in [0.25, 0.3) is 0 Å². The van der Waals surface area contributed by atoms with Gasteiger partial charge in [-0.25, -0.2) is 0 Å². The zero-order chi connectivity index (χ0) is 14.3. The molecule has 19 heavy (non-hydrogen) atoms. The second-order valence-corrected chi connectivity index (χ2v) is 5.62. The summed E-state index contributed by atoms with van der Waals surface area (Å²) < 4.78 is 0. The molecule has 0 fully saturated rings. The number of aliphatic hydroxyl groups is 2. The van der Waals surface area contributed by atoms with E-state index in [0.29, 0.717) is 6.42 Å². The molecule has 0 aromatic rings. The molecule has 0 unspecified atom stereocenters. The topological polar surface area (TPSA) is 40.5 Å². The van der Waals surface area contributed by atoms with Gasteiger partial charge in [0.15, 0.2) is 0 Å². The summed E-state index contributed by atoms with van der Waals surface area (Å²) in [6, 6.07) is 0. The van der Waals surface area contributed by atoms with Crippen molar-refractivity contribution in [3.63, 3.8) is 0 Å². The van der Waals surface area contributed by atoms with E-state index < -0.39 is 12.2 Å². The van der Waals surface area contributed by atoms with E-state index in [1.807, 2.05) is 6.08 Å². The van der Waals surface area contributed by atoms with Crippen molar-refractivity contribution in [1.29, 1.82) is 0 Å². The summed E-state index contributed by atoms with van der Waals surface area (Å²) in [5.41, 5.74) is 0. The average Bonchev–Trinajstić information content (AvgIpc) is 2.41. The van der Waals surface area contributed by atoms with Gasteiger partial charge in [0.2, 0.25) is 0 Å². The molecule has 0 saturated carbocycles. The molecule has 0 aliphatic carbocycles. The third-order valence-electron chi connectivity index (χ3n) is 3.71. The van der Waals surface area contributed by atoms with Crippen LogP contribution in [0, 0.1) is 0 Å². The minimum absolute atomic E-state index is 0.537. The van der Waals surface area contributed by atoms with Gasteiger partial charge >= 0.3 is 0 Å². The van der Waals surface area contributed by atoms with Gasteiger partial charge in [-0.1, -0.05) is 64.4 Å². The van der Waals surface area contributed by atoms with Gasteiger partial charge in [0.1, 0.15) is 0 Å². The monoisotopic (exact) mass is 270 g/mol. The Bertz CT molecular complexity index is 192. The molecule has 0 aromatic heterocycles. The molecular formula is C17H34O2. The van der Waals surface area contributed by atoms with Gasteiger partial charge in [-0.3, -0.25) is 0 Å². The first kappa shape index (κ1) is 18.7. The van der Waals surface area contributed by atoms with Gasteiger partial charge in [0.25, 0.3) is 0 Å². The van der Waals surface area contributed by atoms with Crippen LogP contribution in [0.4, 0.5) is 0 Å². The molecule has 2 atom stereocenters. The fraction of sp³-hybridized carbons (Fsp3) is 0.882. The fourth-order valence-corrected chi connectivity index (χ4v) is 2.34. The number of allylic oxidation sites excluding steroid dienone is 1. The minimum atomic E-state index is -0.551. The summed E-state index contributed by atoms with van der Waals surface area (Å²) >= 11 is 0. The van der Waals surface area contributed by atoms with Gasteiger partial charge in [0.05, 0.1) is 12.2 Å². The smallest absolute Gasteiger partial charge is 0.0799 e. The third kappa shape index (κ3) is 12.4. The first-order valence-electron chi connectivity index (χ1n) is 8.19. The van der Waals surface area contributed by atoms with Crippen molar-refractivity contribution >= 4 is 0 Å². The molecule has 0 saturated heterocycles. The maximum atomic E-state index is 9.81. The summed E-state index contributed by atoms with van der Waals surface area (Å²) in [6.07, 6.45) is 14.2. The normalized spacial score (nSPS) is 14.3. The summed E-state index contributed by atoms with van der Waals surface area (Å²) in [5, 5.41) is 19.6. The van der Waals surface area contributed by atoms with E-state index in [4.69, 9.17) is 0 Å². The number of hydrogen-bond donors (Lipinski definition) is 2. The van der Waals surface area contributed by atoms with E-state index in [1.165, 1.54) is 44.9 Å². The molecular weight excluding hydrogens is 236 g/mol. The summed E-state index contributed by atoms with van der Waals surface area (Å²) in [6.45, 7) is 5.89. The van der Waals surface area contributed by atoms with Crippen LogP contribution in [0.2, 0.25) is 0 Å². The van der Waals surface area contributed by atoms with E-state index in [-0.39, 0.29) is 0 Å². The Balaban J connectivity index is 3.31. The molecule has 0 bridgehead atoms. The second kappa shape index (κ2) is 14.1. The van der Waals surface area contributed by atoms with Crippen LogP contribution in [0.5, 0.6) is 0 Å². The van der Waals surface area contributed by atoms with Gasteiger partial charge in [0, 0.05) is 0 Å². The first-order chi connectivity index (χ1) is 9.22. The lowest BCUT2D eigenvalue weighted by molar-refractivity contribution is 0.00762. The summed E-state index contributed by atoms with van der Waals surface area (Å²) in [5.74, 6) is 0. The minimum Gasteiger partial charge on any atom is -0.390 e. The standard InChI is InChI=1S/C17H34O2/c1-3-5-7-8-9-10-11-13-15-17(19)16(18)14-12-6-4-2/h4,16-19H,2-3,5-15H2,1H3/t16-,17+/m1/s1. The van der Waals surface area contributed by atoms with Gasteiger partial charge in [-0.2, -0.15) is 0 Å². The van der Waals surface area contributed by atoms with Crippen molar-refractivity contribution in [2.75, 3.05) is 0 Å². The highest BCUT2D eigenvalue weighted by atomic mass is 16.3. The zero-order valence-corrected chi connectivity index (χ0v) is 12.8. The molecule has 114 valence electrons. The van der Waals surface area contributed by atoms with Crippen molar-refractivity contribution in [2.45, 2.75) is 96.2 Å². The van der Waals surface area contributed by atoms with Crippen LogP contribution in [0.1, 0.15) is 84.0 Å². The molecule has 0 rings (SSSR count). The molecule has 0 aromatic carbocycles. The molecule has 0 aliphatic heterocycles. The van der Waals surface area contributed by atoms with Crippen LogP contribution in [-0.4, -0.2) is 22.4 Å². The summed E-state index contributed by atoms with van der Waals surface area (Å²) in [7, 11) is 0. The quantitative estimate of drug-likeness (QED) is 0.358. The van der Waals surface area contributed by atoms with Crippen molar-refractivity contribution < 1.29 is 10.2 Å². The molecule has 0 heterocycles. The zero-order valence-electron chi connectivity index (χ0n) is 12.8. The highest BCUT2D eigenvalue weighted by Gasteiger charge is 2.14. The molecule has 0 radical (unpaired) electrons. The molecule has 0 spiro atoms. The van der Waals surface area contributed by atoms with E-state index in [1.54, 1.807) is 0 Å². The van der Waals surface area contributed by atoms with E-state index in [0.717, 1.165) is 25.7 Å². The van der Waals surface area contributed by atoms with Crippen LogP contribution in [0.15, 0.2) is 12.7 Å². The van der Waals surface area contributed by atoms with Crippen molar-refractivity contribution in [2.24, 2.45) is 0 Å². The second-order valence-electron chi connectivity index (χ2n) is 5.62. The lowest BCUT2D eigenvalue weighted by Gasteiger charge is -2.17. The molecule has 0 amide bonds. The maximum Gasteiger partial charge on any atom is 0.0799 e. The Morgan fingerprint density at radius 1 is 0.789 bits per heavy atom. The van der Waals surface area contributed by atoms with Crippen LogP contribution in [-0.2, 0) is 0 Å². The Kier molecular flexibility index (Phi) is 13.8. The number of aliphatic hydroxyl groups excluding tert-OH is 2.